The largest absolute Gasteiger partial charge is 0.326 e. The fourth-order valence-electron chi connectivity index (χ4n) is 1.45. The molecule has 0 fully saturated rings. The third kappa shape index (κ3) is 3.88. The quantitative estimate of drug-likeness (QED) is 0.607. The Labute approximate surface area is 102 Å². The molecule has 2 N–H and O–H groups in total. The lowest BCUT2D eigenvalue weighted by Gasteiger charge is -2.05. The predicted octanol–water partition coefficient (Wildman–Crippen LogP) is 3.30. The van der Waals surface area contributed by atoms with Crippen molar-refractivity contribution < 1.29 is 0 Å². The van der Waals surface area contributed by atoms with Gasteiger partial charge in [0.15, 0.2) is 0 Å². The first kappa shape index (κ1) is 13.1. The fourth-order valence-corrected chi connectivity index (χ4v) is 2.44. The molecule has 0 unspecified atom stereocenters. The molecule has 0 aromatic heterocycles. The van der Waals surface area contributed by atoms with Crippen LogP contribution < -0.4 is 5.73 Å². The van der Waals surface area contributed by atoms with E-state index >= 15 is 0 Å². The summed E-state index contributed by atoms with van der Waals surface area (Å²) >= 11 is 1.77. The van der Waals surface area contributed by atoms with E-state index in [2.05, 4.69) is 13.0 Å². The van der Waals surface area contributed by atoms with E-state index in [1.807, 2.05) is 18.2 Å². The molecule has 1 aromatic rings. The van der Waals surface area contributed by atoms with Gasteiger partial charge in [-0.15, -0.1) is 11.8 Å². The topological polar surface area (TPSA) is 49.8 Å². The Balaban J connectivity index is 2.62. The second kappa shape index (κ2) is 7.32. The van der Waals surface area contributed by atoms with Crippen LogP contribution in [0.15, 0.2) is 23.1 Å². The molecule has 0 spiro atoms. The third-order valence-corrected chi connectivity index (χ3v) is 3.57. The van der Waals surface area contributed by atoms with Gasteiger partial charge < -0.3 is 5.73 Å². The Morgan fingerprint density at radius 1 is 1.38 bits per heavy atom. The van der Waals surface area contributed by atoms with E-state index in [-0.39, 0.29) is 0 Å². The van der Waals surface area contributed by atoms with Crippen LogP contribution in [-0.2, 0) is 6.54 Å². The molecule has 0 aliphatic rings. The van der Waals surface area contributed by atoms with Crippen molar-refractivity contribution >= 4 is 11.8 Å². The molecular formula is C13H18N2S. The van der Waals surface area contributed by atoms with Crippen LogP contribution in [0, 0.1) is 11.3 Å². The second-order valence-electron chi connectivity index (χ2n) is 3.70. The number of rotatable bonds is 6. The third-order valence-electron chi connectivity index (χ3n) is 2.41. The molecule has 0 heterocycles. The van der Waals surface area contributed by atoms with E-state index in [1.54, 1.807) is 11.8 Å². The Morgan fingerprint density at radius 2 is 2.19 bits per heavy atom. The molecule has 0 aliphatic heterocycles. The van der Waals surface area contributed by atoms with E-state index in [0.717, 1.165) is 21.8 Å². The number of hydrogen-bond donors (Lipinski definition) is 1. The second-order valence-corrected chi connectivity index (χ2v) is 4.84. The first-order valence-corrected chi connectivity index (χ1v) is 6.66. The van der Waals surface area contributed by atoms with Gasteiger partial charge >= 0.3 is 0 Å². The van der Waals surface area contributed by atoms with E-state index in [0.29, 0.717) is 6.54 Å². The lowest BCUT2D eigenvalue weighted by molar-refractivity contribution is 0.778. The molecular weight excluding hydrogens is 216 g/mol. The van der Waals surface area contributed by atoms with E-state index in [9.17, 15) is 0 Å². The molecule has 0 aliphatic carbocycles. The minimum absolute atomic E-state index is 0.495. The maximum absolute atomic E-state index is 9.04. The van der Waals surface area contributed by atoms with Crippen LogP contribution in [0.2, 0.25) is 0 Å². The molecule has 86 valence electrons. The smallest absolute Gasteiger partial charge is 0.100 e. The number of benzene rings is 1. The standard InChI is InChI=1S/C13H18N2S/c1-2-3-4-7-16-13-6-5-11(9-14)8-12(13)10-15/h5-6,8H,2-4,7,9,14H2,1H3. The van der Waals surface area contributed by atoms with Crippen LogP contribution in [-0.4, -0.2) is 5.75 Å². The molecule has 1 rings (SSSR count). The van der Waals surface area contributed by atoms with Gasteiger partial charge in [-0.05, 0) is 29.9 Å². The van der Waals surface area contributed by atoms with Crippen molar-refractivity contribution in [2.24, 2.45) is 5.73 Å². The maximum Gasteiger partial charge on any atom is 0.100 e. The van der Waals surface area contributed by atoms with Gasteiger partial charge in [0.1, 0.15) is 6.07 Å². The number of nitrogens with zero attached hydrogens (tertiary/aromatic N) is 1. The Kier molecular flexibility index (Phi) is 5.99. The van der Waals surface area contributed by atoms with E-state index in [1.165, 1.54) is 19.3 Å². The van der Waals surface area contributed by atoms with Gasteiger partial charge in [0, 0.05) is 11.4 Å². The average molecular weight is 234 g/mol. The summed E-state index contributed by atoms with van der Waals surface area (Å²) < 4.78 is 0. The van der Waals surface area contributed by atoms with Crippen LogP contribution >= 0.6 is 11.8 Å². The van der Waals surface area contributed by atoms with Crippen molar-refractivity contribution in [2.45, 2.75) is 37.6 Å². The van der Waals surface area contributed by atoms with E-state index in [4.69, 9.17) is 11.0 Å². The van der Waals surface area contributed by atoms with Gasteiger partial charge in [-0.2, -0.15) is 5.26 Å². The van der Waals surface area contributed by atoms with E-state index < -0.39 is 0 Å². The molecule has 1 aromatic carbocycles. The summed E-state index contributed by atoms with van der Waals surface area (Å²) in [6, 6.07) is 8.14. The van der Waals surface area contributed by atoms with Crippen LogP contribution in [0.25, 0.3) is 0 Å². The zero-order chi connectivity index (χ0) is 11.8. The lowest BCUT2D eigenvalue weighted by Crippen LogP contribution is -1.97. The predicted molar refractivity (Wildman–Crippen MR) is 69.3 cm³/mol. The average Bonchev–Trinajstić information content (AvgIpc) is 2.34. The number of thioether (sulfide) groups is 1. The van der Waals surface area contributed by atoms with Gasteiger partial charge in [0.2, 0.25) is 0 Å². The minimum Gasteiger partial charge on any atom is -0.326 e. The SMILES string of the molecule is CCCCCSc1ccc(CN)cc1C#N. The lowest BCUT2D eigenvalue weighted by atomic mass is 10.1. The van der Waals surface area contributed by atoms with Crippen molar-refractivity contribution in [3.63, 3.8) is 0 Å². The molecule has 0 amide bonds. The summed E-state index contributed by atoms with van der Waals surface area (Å²) in [7, 11) is 0. The molecule has 2 nitrogen and oxygen atoms in total. The summed E-state index contributed by atoms with van der Waals surface area (Å²) in [5.74, 6) is 1.09. The van der Waals surface area contributed by atoms with Crippen molar-refractivity contribution in [2.75, 3.05) is 5.75 Å². The van der Waals surface area contributed by atoms with Crippen molar-refractivity contribution in [3.05, 3.63) is 29.3 Å². The first-order chi connectivity index (χ1) is 7.81. The van der Waals surface area contributed by atoms with Crippen molar-refractivity contribution in [1.29, 1.82) is 5.26 Å². The maximum atomic E-state index is 9.04. The van der Waals surface area contributed by atoms with Gasteiger partial charge in [-0.25, -0.2) is 0 Å². The highest BCUT2D eigenvalue weighted by Crippen LogP contribution is 2.24. The number of hydrogen-bond acceptors (Lipinski definition) is 3. The van der Waals surface area contributed by atoms with Gasteiger partial charge in [-0.3, -0.25) is 0 Å². The zero-order valence-electron chi connectivity index (χ0n) is 9.70. The van der Waals surface area contributed by atoms with Crippen LogP contribution in [0.3, 0.4) is 0 Å². The summed E-state index contributed by atoms with van der Waals surface area (Å²) in [6.45, 7) is 2.69. The minimum atomic E-state index is 0.495. The van der Waals surface area contributed by atoms with Crippen molar-refractivity contribution in [3.8, 4) is 6.07 Å². The Morgan fingerprint density at radius 3 is 2.81 bits per heavy atom. The highest BCUT2D eigenvalue weighted by Gasteiger charge is 2.03. The normalized spacial score (nSPS) is 10.1. The van der Waals surface area contributed by atoms with Crippen molar-refractivity contribution in [1.82, 2.24) is 0 Å². The summed E-state index contributed by atoms with van der Waals surface area (Å²) in [5.41, 5.74) is 7.32. The fraction of sp³-hybridized carbons (Fsp3) is 0.462. The zero-order valence-corrected chi connectivity index (χ0v) is 10.5. The number of unbranched alkanes of at least 4 members (excludes halogenated alkanes) is 2. The molecule has 16 heavy (non-hydrogen) atoms. The first-order valence-electron chi connectivity index (χ1n) is 5.67. The van der Waals surface area contributed by atoms with Crippen LogP contribution in [0.1, 0.15) is 37.3 Å². The number of nitriles is 1. The molecule has 0 saturated heterocycles. The highest BCUT2D eigenvalue weighted by atomic mass is 32.2. The molecule has 0 radical (unpaired) electrons. The summed E-state index contributed by atoms with van der Waals surface area (Å²) in [5, 5.41) is 9.04. The monoisotopic (exact) mass is 234 g/mol. The van der Waals surface area contributed by atoms with Crippen LogP contribution in [0.4, 0.5) is 0 Å². The Hall–Kier alpha value is -0.980. The number of nitrogens with two attached hydrogens (primary N) is 1. The molecule has 3 heteroatoms. The Bertz CT molecular complexity index is 369. The highest BCUT2D eigenvalue weighted by molar-refractivity contribution is 7.99. The molecule has 0 saturated carbocycles. The van der Waals surface area contributed by atoms with Gasteiger partial charge in [0.25, 0.3) is 0 Å². The molecule has 0 atom stereocenters. The summed E-state index contributed by atoms with van der Waals surface area (Å²) in [4.78, 5) is 1.08. The molecule has 0 bridgehead atoms. The van der Waals surface area contributed by atoms with Gasteiger partial charge in [0.05, 0.1) is 5.56 Å². The van der Waals surface area contributed by atoms with Crippen LogP contribution in [0.5, 0.6) is 0 Å². The van der Waals surface area contributed by atoms with Gasteiger partial charge in [-0.1, -0.05) is 25.8 Å². The summed E-state index contributed by atoms with van der Waals surface area (Å²) in [6.07, 6.45) is 3.71.